The van der Waals surface area contributed by atoms with E-state index < -0.39 is 23.7 Å². The Hall–Kier alpha value is -1.30. The van der Waals surface area contributed by atoms with Crippen LogP contribution in [0.5, 0.6) is 5.75 Å². The average molecular weight is 319 g/mol. The second-order valence-corrected chi connectivity index (χ2v) is 6.04. The van der Waals surface area contributed by atoms with Gasteiger partial charge in [0.15, 0.2) is 0 Å². The van der Waals surface area contributed by atoms with E-state index >= 15 is 0 Å². The zero-order valence-corrected chi connectivity index (χ0v) is 13.1. The zero-order chi connectivity index (χ0) is 16.3. The Morgan fingerprint density at radius 2 is 1.76 bits per heavy atom. The highest BCUT2D eigenvalue weighted by Crippen LogP contribution is 2.30. The monoisotopic (exact) mass is 319 g/mol. The Morgan fingerprint density at radius 1 is 1.24 bits per heavy atom. The van der Waals surface area contributed by atoms with Crippen LogP contribution in [0.1, 0.15) is 32.8 Å². The maximum atomic E-state index is 12.7. The molecule has 1 aromatic carbocycles. The van der Waals surface area contributed by atoms with Gasteiger partial charge in [0.2, 0.25) is 0 Å². The van der Waals surface area contributed by atoms with Gasteiger partial charge in [-0.2, -0.15) is 13.2 Å². The van der Waals surface area contributed by atoms with Crippen LogP contribution in [0.15, 0.2) is 24.3 Å². The molecule has 0 aromatic heterocycles. The lowest BCUT2D eigenvalue weighted by Crippen LogP contribution is -2.38. The third-order valence-corrected chi connectivity index (χ3v) is 3.96. The van der Waals surface area contributed by atoms with Crippen molar-refractivity contribution in [3.05, 3.63) is 29.8 Å². The van der Waals surface area contributed by atoms with Crippen LogP contribution in [-0.2, 0) is 5.41 Å². The molecule has 21 heavy (non-hydrogen) atoms. The number of hydrogen-bond donors (Lipinski definition) is 1. The fraction of sp³-hybridized carbons (Fsp3) is 0.533. The SMILES string of the molecule is CCC(C)(C)c1ccc(OCC(C(N)=S)C(F)(F)F)cc1. The molecule has 0 bridgehead atoms. The van der Waals surface area contributed by atoms with Gasteiger partial charge in [-0.25, -0.2) is 0 Å². The molecular formula is C15H20F3NOS. The number of hydrogen-bond acceptors (Lipinski definition) is 2. The lowest BCUT2D eigenvalue weighted by molar-refractivity contribution is -0.161. The summed E-state index contributed by atoms with van der Waals surface area (Å²) in [6.45, 7) is 5.70. The Morgan fingerprint density at radius 3 is 2.14 bits per heavy atom. The summed E-state index contributed by atoms with van der Waals surface area (Å²) in [4.78, 5) is -0.605. The Bertz CT molecular complexity index is 483. The summed E-state index contributed by atoms with van der Waals surface area (Å²) in [6, 6.07) is 7.06. The molecule has 0 fully saturated rings. The van der Waals surface area contributed by atoms with Gasteiger partial charge in [-0.05, 0) is 29.5 Å². The van der Waals surface area contributed by atoms with E-state index in [0.29, 0.717) is 5.75 Å². The molecule has 6 heteroatoms. The molecule has 1 unspecified atom stereocenters. The standard InChI is InChI=1S/C15H20F3NOS/c1-4-14(2,3)10-5-7-11(8-6-10)20-9-12(13(19)21)15(16,17)18/h5-8,12H,4,9H2,1-3H3,(H2,19,21). The van der Waals surface area contributed by atoms with Crippen molar-refractivity contribution >= 4 is 17.2 Å². The van der Waals surface area contributed by atoms with E-state index in [4.69, 9.17) is 10.5 Å². The molecule has 118 valence electrons. The van der Waals surface area contributed by atoms with Gasteiger partial charge in [0.25, 0.3) is 0 Å². The van der Waals surface area contributed by atoms with Crippen molar-refractivity contribution in [3.8, 4) is 5.75 Å². The van der Waals surface area contributed by atoms with Crippen molar-refractivity contribution in [2.24, 2.45) is 11.7 Å². The fourth-order valence-electron chi connectivity index (χ4n) is 1.72. The highest BCUT2D eigenvalue weighted by molar-refractivity contribution is 7.80. The number of halogens is 3. The summed E-state index contributed by atoms with van der Waals surface area (Å²) >= 11 is 4.44. The van der Waals surface area contributed by atoms with Gasteiger partial charge < -0.3 is 10.5 Å². The predicted molar refractivity (Wildman–Crippen MR) is 81.6 cm³/mol. The Balaban J connectivity index is 2.75. The lowest BCUT2D eigenvalue weighted by Gasteiger charge is -2.24. The molecule has 1 atom stereocenters. The van der Waals surface area contributed by atoms with Crippen LogP contribution >= 0.6 is 12.2 Å². The molecule has 0 aliphatic heterocycles. The largest absolute Gasteiger partial charge is 0.493 e. The first-order valence-corrected chi connectivity index (χ1v) is 7.08. The number of rotatable bonds is 6. The summed E-state index contributed by atoms with van der Waals surface area (Å²) in [5, 5.41) is 0. The third-order valence-electron chi connectivity index (χ3n) is 3.67. The van der Waals surface area contributed by atoms with Crippen molar-refractivity contribution in [2.45, 2.75) is 38.8 Å². The third kappa shape index (κ3) is 4.88. The summed E-state index contributed by atoms with van der Waals surface area (Å²) < 4.78 is 43.2. The molecule has 2 nitrogen and oxygen atoms in total. The van der Waals surface area contributed by atoms with E-state index in [1.165, 1.54) is 0 Å². The first kappa shape index (κ1) is 17.8. The minimum atomic E-state index is -4.49. The van der Waals surface area contributed by atoms with E-state index in [-0.39, 0.29) is 5.41 Å². The minimum absolute atomic E-state index is 0.0197. The second kappa shape index (κ2) is 6.64. The highest BCUT2D eigenvalue weighted by atomic mass is 32.1. The van der Waals surface area contributed by atoms with Gasteiger partial charge in [0.1, 0.15) is 18.3 Å². The summed E-state index contributed by atoms with van der Waals surface area (Å²) in [6.07, 6.45) is -3.53. The van der Waals surface area contributed by atoms with Crippen LogP contribution in [0, 0.1) is 5.92 Å². The maximum absolute atomic E-state index is 12.7. The molecule has 0 heterocycles. The normalized spacial score (nSPS) is 13.8. The number of ether oxygens (including phenoxy) is 1. The summed E-state index contributed by atoms with van der Waals surface area (Å²) in [5.41, 5.74) is 6.25. The fourth-order valence-corrected chi connectivity index (χ4v) is 1.93. The van der Waals surface area contributed by atoms with Crippen molar-refractivity contribution in [1.82, 2.24) is 0 Å². The van der Waals surface area contributed by atoms with Crippen LogP contribution in [0.3, 0.4) is 0 Å². The summed E-state index contributed by atoms with van der Waals surface area (Å²) in [5.74, 6) is -1.56. The average Bonchev–Trinajstić information content (AvgIpc) is 2.37. The maximum Gasteiger partial charge on any atom is 0.401 e. The molecule has 0 saturated carbocycles. The van der Waals surface area contributed by atoms with Gasteiger partial charge in [-0.15, -0.1) is 0 Å². The quantitative estimate of drug-likeness (QED) is 0.798. The topological polar surface area (TPSA) is 35.2 Å². The van der Waals surface area contributed by atoms with Crippen LogP contribution in [0.25, 0.3) is 0 Å². The molecule has 2 N–H and O–H groups in total. The molecule has 0 spiro atoms. The van der Waals surface area contributed by atoms with Crippen LogP contribution in [0.2, 0.25) is 0 Å². The van der Waals surface area contributed by atoms with E-state index in [2.05, 4.69) is 33.0 Å². The summed E-state index contributed by atoms with van der Waals surface area (Å²) in [7, 11) is 0. The van der Waals surface area contributed by atoms with Crippen molar-refractivity contribution < 1.29 is 17.9 Å². The van der Waals surface area contributed by atoms with E-state index in [0.717, 1.165) is 12.0 Å². The molecule has 0 amide bonds. The van der Waals surface area contributed by atoms with Crippen LogP contribution in [-0.4, -0.2) is 17.8 Å². The smallest absolute Gasteiger partial charge is 0.401 e. The van der Waals surface area contributed by atoms with E-state index in [9.17, 15) is 13.2 Å². The van der Waals surface area contributed by atoms with Gasteiger partial charge >= 0.3 is 6.18 Å². The molecule has 0 aliphatic carbocycles. The van der Waals surface area contributed by atoms with E-state index in [1.54, 1.807) is 12.1 Å². The number of alkyl halides is 3. The predicted octanol–water partition coefficient (Wildman–Crippen LogP) is 4.22. The van der Waals surface area contributed by atoms with Gasteiger partial charge in [-0.1, -0.05) is 45.1 Å². The molecule has 1 rings (SSSR count). The van der Waals surface area contributed by atoms with Crippen molar-refractivity contribution in [2.75, 3.05) is 6.61 Å². The number of nitrogens with two attached hydrogens (primary N) is 1. The molecular weight excluding hydrogens is 299 g/mol. The van der Waals surface area contributed by atoms with Gasteiger partial charge in [0, 0.05) is 0 Å². The van der Waals surface area contributed by atoms with Crippen LogP contribution < -0.4 is 10.5 Å². The Labute approximate surface area is 128 Å². The van der Waals surface area contributed by atoms with Crippen LogP contribution in [0.4, 0.5) is 13.2 Å². The second-order valence-electron chi connectivity index (χ2n) is 5.57. The molecule has 1 aromatic rings. The van der Waals surface area contributed by atoms with Crippen molar-refractivity contribution in [1.29, 1.82) is 0 Å². The van der Waals surface area contributed by atoms with Gasteiger partial charge in [-0.3, -0.25) is 0 Å². The Kier molecular flexibility index (Phi) is 5.61. The zero-order valence-electron chi connectivity index (χ0n) is 12.3. The van der Waals surface area contributed by atoms with E-state index in [1.807, 2.05) is 12.1 Å². The molecule has 0 aliphatic rings. The lowest BCUT2D eigenvalue weighted by atomic mass is 9.82. The first-order valence-electron chi connectivity index (χ1n) is 6.67. The minimum Gasteiger partial charge on any atom is -0.493 e. The first-order chi connectivity index (χ1) is 9.58. The number of thiocarbonyl (C=S) groups is 1. The number of benzene rings is 1. The molecule has 0 saturated heterocycles. The van der Waals surface area contributed by atoms with Gasteiger partial charge in [0.05, 0.1) is 4.99 Å². The highest BCUT2D eigenvalue weighted by Gasteiger charge is 2.42. The van der Waals surface area contributed by atoms with Crippen molar-refractivity contribution in [3.63, 3.8) is 0 Å². The molecule has 0 radical (unpaired) electrons.